The summed E-state index contributed by atoms with van der Waals surface area (Å²) in [7, 11) is 0. The van der Waals surface area contributed by atoms with Crippen molar-refractivity contribution in [3.63, 3.8) is 0 Å². The van der Waals surface area contributed by atoms with Gasteiger partial charge in [-0.05, 0) is 75.0 Å². The third-order valence-corrected chi connectivity index (χ3v) is 8.62. The highest BCUT2D eigenvalue weighted by atomic mass is 16.2. The van der Waals surface area contributed by atoms with Crippen LogP contribution >= 0.6 is 0 Å². The number of allylic oxidation sites excluding steroid dienone is 1. The first kappa shape index (κ1) is 33.8. The fourth-order valence-corrected chi connectivity index (χ4v) is 5.85. The zero-order valence-electron chi connectivity index (χ0n) is 26.5. The van der Waals surface area contributed by atoms with Crippen molar-refractivity contribution in [3.05, 3.63) is 48.7 Å². The molecule has 0 saturated heterocycles. The number of unbranched alkanes of at least 4 members (excludes halogenated alkanes) is 3. The van der Waals surface area contributed by atoms with Crippen LogP contribution in [0.15, 0.2) is 48.1 Å². The minimum atomic E-state index is -0.453. The fourth-order valence-electron chi connectivity index (χ4n) is 5.85. The second-order valence-electron chi connectivity index (χ2n) is 12.0. The first-order valence-electron chi connectivity index (χ1n) is 16.5. The maximum atomic E-state index is 12.6. The summed E-state index contributed by atoms with van der Waals surface area (Å²) < 4.78 is 0. The molecule has 2 heterocycles. The van der Waals surface area contributed by atoms with Gasteiger partial charge >= 0.3 is 0 Å². The highest BCUT2D eigenvalue weighted by molar-refractivity contribution is 6.09. The van der Waals surface area contributed by atoms with Gasteiger partial charge in [0, 0.05) is 23.0 Å². The predicted octanol–water partition coefficient (Wildman–Crippen LogP) is 10.3. The van der Waals surface area contributed by atoms with Crippen LogP contribution < -0.4 is 5.32 Å². The number of aryl methyl sites for hydroxylation is 1. The Labute approximate surface area is 245 Å². The Balaban J connectivity index is 0.000000247. The van der Waals surface area contributed by atoms with E-state index in [2.05, 4.69) is 75.8 Å². The van der Waals surface area contributed by atoms with Crippen molar-refractivity contribution in [2.45, 2.75) is 143 Å². The molecule has 2 unspecified atom stereocenters. The summed E-state index contributed by atoms with van der Waals surface area (Å²) in [4.78, 5) is 20.8. The smallest absolute Gasteiger partial charge is 0.253 e. The summed E-state index contributed by atoms with van der Waals surface area (Å²) in [5.41, 5.74) is 2.25. The standard InChI is InChI=1S/C18H32N2O.C11H13N.C7H14/c1-4-12-18(13-11-14(3)5-2)17(21)19-16(20-18)15-9-7-6-8-10-15;1-2-4-9-5-3-6-11-10(9)7-8-12-11;1-3-5-7-6-4-2/h14-15H,4-13H2,1-3H3,(H,19,20,21);3,5-8,12H,2,4H2,1H3;3H,1,4-7H2,2H3. The number of hydrogen-bond donors (Lipinski definition) is 2. The first-order chi connectivity index (χ1) is 19.4. The second kappa shape index (κ2) is 18.9. The number of carbonyl (C=O) groups is 1. The van der Waals surface area contributed by atoms with E-state index in [1.54, 1.807) is 0 Å². The Morgan fingerprint density at radius 3 is 2.45 bits per heavy atom. The fraction of sp³-hybridized carbons (Fsp3) is 0.667. The van der Waals surface area contributed by atoms with Gasteiger partial charge < -0.3 is 10.3 Å². The van der Waals surface area contributed by atoms with E-state index in [0.717, 1.165) is 31.5 Å². The summed E-state index contributed by atoms with van der Waals surface area (Å²) in [6.07, 6.45) is 23.0. The molecule has 4 heteroatoms. The Morgan fingerprint density at radius 1 is 1.02 bits per heavy atom. The number of aliphatic imine (C=N–C) groups is 1. The van der Waals surface area contributed by atoms with Crippen molar-refractivity contribution in [1.29, 1.82) is 0 Å². The number of aromatic nitrogens is 1. The molecule has 0 spiro atoms. The van der Waals surface area contributed by atoms with Gasteiger partial charge in [0.25, 0.3) is 5.91 Å². The number of aromatic amines is 1. The van der Waals surface area contributed by atoms with Gasteiger partial charge in [0.2, 0.25) is 0 Å². The molecular weight excluding hydrogens is 490 g/mol. The van der Waals surface area contributed by atoms with Gasteiger partial charge in [-0.2, -0.15) is 0 Å². The van der Waals surface area contributed by atoms with Gasteiger partial charge in [0.05, 0.1) is 0 Å². The summed E-state index contributed by atoms with van der Waals surface area (Å²) in [6.45, 7) is 14.7. The van der Waals surface area contributed by atoms with E-state index in [9.17, 15) is 4.79 Å². The molecule has 2 aromatic rings. The van der Waals surface area contributed by atoms with Gasteiger partial charge in [-0.1, -0.05) is 104 Å². The molecule has 224 valence electrons. The van der Waals surface area contributed by atoms with Crippen molar-refractivity contribution in [2.75, 3.05) is 0 Å². The average Bonchev–Trinajstić information content (AvgIpc) is 3.59. The molecule has 1 aromatic heterocycles. The maximum Gasteiger partial charge on any atom is 0.253 e. The quantitative estimate of drug-likeness (QED) is 0.189. The highest BCUT2D eigenvalue weighted by Gasteiger charge is 2.43. The third kappa shape index (κ3) is 10.6. The molecule has 2 atom stereocenters. The molecule has 40 heavy (non-hydrogen) atoms. The summed E-state index contributed by atoms with van der Waals surface area (Å²) in [5.74, 6) is 2.37. The molecule has 4 rings (SSSR count). The van der Waals surface area contributed by atoms with E-state index in [4.69, 9.17) is 4.99 Å². The number of rotatable bonds is 13. The lowest BCUT2D eigenvalue weighted by Gasteiger charge is -2.24. The molecule has 0 radical (unpaired) electrons. The van der Waals surface area contributed by atoms with Gasteiger partial charge in [-0.3, -0.25) is 9.79 Å². The number of fused-ring (bicyclic) bond motifs is 1. The Kier molecular flexibility index (Phi) is 16.0. The largest absolute Gasteiger partial charge is 0.361 e. The minimum absolute atomic E-state index is 0.174. The Morgan fingerprint density at radius 2 is 1.80 bits per heavy atom. The van der Waals surface area contributed by atoms with Crippen LogP contribution in [0.3, 0.4) is 0 Å². The minimum Gasteiger partial charge on any atom is -0.361 e. The van der Waals surface area contributed by atoms with Crippen molar-refractivity contribution in [1.82, 2.24) is 10.3 Å². The normalized spacial score (nSPS) is 19.6. The monoisotopic (exact) mass is 549 g/mol. The van der Waals surface area contributed by atoms with Crippen LogP contribution in [0.25, 0.3) is 10.9 Å². The van der Waals surface area contributed by atoms with Crippen molar-refractivity contribution in [2.24, 2.45) is 16.8 Å². The molecule has 2 N–H and O–H groups in total. The van der Waals surface area contributed by atoms with Crippen LogP contribution in [0.4, 0.5) is 0 Å². The van der Waals surface area contributed by atoms with Crippen LogP contribution in [0.2, 0.25) is 0 Å². The number of benzene rings is 1. The zero-order valence-corrected chi connectivity index (χ0v) is 26.5. The van der Waals surface area contributed by atoms with Crippen LogP contribution in [0.1, 0.15) is 136 Å². The number of carbonyl (C=O) groups excluding carboxylic acids is 1. The van der Waals surface area contributed by atoms with Crippen LogP contribution in [-0.2, 0) is 11.2 Å². The lowest BCUT2D eigenvalue weighted by molar-refractivity contribution is -0.124. The molecule has 1 saturated carbocycles. The summed E-state index contributed by atoms with van der Waals surface area (Å²) >= 11 is 0. The maximum absolute atomic E-state index is 12.6. The summed E-state index contributed by atoms with van der Waals surface area (Å²) in [6, 6.07) is 8.60. The van der Waals surface area contributed by atoms with Crippen LogP contribution in [0.5, 0.6) is 0 Å². The molecule has 0 bridgehead atoms. The molecular formula is C36H59N3O. The molecule has 4 nitrogen and oxygen atoms in total. The number of nitrogens with one attached hydrogen (secondary N) is 2. The van der Waals surface area contributed by atoms with E-state index < -0.39 is 5.54 Å². The first-order valence-corrected chi connectivity index (χ1v) is 16.5. The number of amides is 1. The highest BCUT2D eigenvalue weighted by Crippen LogP contribution is 2.34. The van der Waals surface area contributed by atoms with Gasteiger partial charge in [-0.15, -0.1) is 6.58 Å². The van der Waals surface area contributed by atoms with Crippen LogP contribution in [-0.4, -0.2) is 22.3 Å². The number of H-pyrrole nitrogens is 1. The molecule has 1 aromatic carbocycles. The Bertz CT molecular complexity index is 1020. The second-order valence-corrected chi connectivity index (χ2v) is 12.0. The topological polar surface area (TPSA) is 57.2 Å². The lowest BCUT2D eigenvalue weighted by Crippen LogP contribution is -2.41. The van der Waals surface area contributed by atoms with Crippen molar-refractivity contribution < 1.29 is 4.79 Å². The molecule has 1 fully saturated rings. The average molecular weight is 550 g/mol. The van der Waals surface area contributed by atoms with Gasteiger partial charge in [0.1, 0.15) is 11.4 Å². The zero-order chi connectivity index (χ0) is 29.2. The van der Waals surface area contributed by atoms with E-state index in [-0.39, 0.29) is 5.91 Å². The number of amidine groups is 1. The van der Waals surface area contributed by atoms with E-state index in [1.807, 2.05) is 12.3 Å². The predicted molar refractivity (Wildman–Crippen MR) is 175 cm³/mol. The SMILES string of the molecule is C=CCCCCC.CCCC1(CCC(C)CC)N=C(C2CCCCC2)NC1=O.CCCc1cccc2[nH]ccc12. The van der Waals surface area contributed by atoms with E-state index >= 15 is 0 Å². The number of hydrogen-bond acceptors (Lipinski definition) is 2. The molecule has 1 amide bonds. The van der Waals surface area contributed by atoms with Crippen molar-refractivity contribution in [3.8, 4) is 0 Å². The van der Waals surface area contributed by atoms with Gasteiger partial charge in [0.15, 0.2) is 0 Å². The lowest BCUT2D eigenvalue weighted by atomic mass is 9.85. The molecule has 1 aliphatic heterocycles. The Hall–Kier alpha value is -2.36. The number of nitrogens with zero attached hydrogens (tertiary/aromatic N) is 1. The molecule has 1 aliphatic carbocycles. The van der Waals surface area contributed by atoms with E-state index in [0.29, 0.717) is 11.8 Å². The van der Waals surface area contributed by atoms with E-state index in [1.165, 1.54) is 93.5 Å². The summed E-state index contributed by atoms with van der Waals surface area (Å²) in [5, 5.41) is 4.53. The van der Waals surface area contributed by atoms with Crippen molar-refractivity contribution >= 4 is 22.6 Å². The van der Waals surface area contributed by atoms with Crippen LogP contribution in [0, 0.1) is 11.8 Å². The third-order valence-electron chi connectivity index (χ3n) is 8.62. The molecule has 2 aliphatic rings. The van der Waals surface area contributed by atoms with Gasteiger partial charge in [-0.25, -0.2) is 0 Å².